The molecule has 8 heteroatoms. The van der Waals surface area contributed by atoms with Gasteiger partial charge in [-0.25, -0.2) is 0 Å². The fraction of sp³-hybridized carbons (Fsp3) is 0.364. The van der Waals surface area contributed by atoms with Gasteiger partial charge in [0.05, 0.1) is 17.2 Å². The Bertz CT molecular complexity index is 1140. The van der Waals surface area contributed by atoms with Crippen LogP contribution in [0.3, 0.4) is 0 Å². The van der Waals surface area contributed by atoms with Crippen molar-refractivity contribution in [1.29, 1.82) is 0 Å². The molecule has 3 unspecified atom stereocenters. The van der Waals surface area contributed by atoms with Crippen molar-refractivity contribution in [2.24, 2.45) is 11.8 Å². The van der Waals surface area contributed by atoms with E-state index in [9.17, 15) is 5.11 Å². The van der Waals surface area contributed by atoms with Gasteiger partial charge in [0, 0.05) is 17.6 Å². The number of benzene rings is 1. The van der Waals surface area contributed by atoms with E-state index in [-0.39, 0.29) is 11.9 Å². The molecule has 1 saturated heterocycles. The first-order valence-corrected chi connectivity index (χ1v) is 11.7. The lowest BCUT2D eigenvalue weighted by Crippen LogP contribution is -2.41. The molecule has 0 aliphatic carbocycles. The van der Waals surface area contributed by atoms with Crippen LogP contribution < -0.4 is 0 Å². The van der Waals surface area contributed by atoms with Gasteiger partial charge in [0.15, 0.2) is 5.76 Å². The van der Waals surface area contributed by atoms with Gasteiger partial charge in [0.1, 0.15) is 0 Å². The van der Waals surface area contributed by atoms with Crippen molar-refractivity contribution in [2.45, 2.75) is 26.3 Å². The van der Waals surface area contributed by atoms with E-state index in [0.717, 1.165) is 28.0 Å². The van der Waals surface area contributed by atoms with E-state index >= 15 is 0 Å². The zero-order valence-electron chi connectivity index (χ0n) is 16.8. The van der Waals surface area contributed by atoms with Crippen molar-refractivity contribution in [3.63, 3.8) is 0 Å². The van der Waals surface area contributed by atoms with Crippen LogP contribution in [0, 0.1) is 11.8 Å². The molecule has 3 atom stereocenters. The summed E-state index contributed by atoms with van der Waals surface area (Å²) < 4.78 is 7.98. The zero-order chi connectivity index (χ0) is 20.8. The molecule has 1 N–H and O–H groups in total. The van der Waals surface area contributed by atoms with Crippen molar-refractivity contribution < 1.29 is 9.52 Å². The Hall–Kier alpha value is -2.16. The Morgan fingerprint density at radius 3 is 2.53 bits per heavy atom. The number of halogens is 1. The fourth-order valence-electron chi connectivity index (χ4n) is 4.53. The summed E-state index contributed by atoms with van der Waals surface area (Å²) in [4.78, 5) is 8.61. The quantitative estimate of drug-likeness (QED) is 0.407. The molecule has 5 rings (SSSR count). The SMILES string of the molecule is CC1CC(C)CN(C(c2ccc(Br)cc2)c2sc3nc(-c4ccco4)nn3c2O)C1. The Morgan fingerprint density at radius 1 is 1.17 bits per heavy atom. The molecule has 0 bridgehead atoms. The number of hydrogen-bond acceptors (Lipinski definition) is 6. The van der Waals surface area contributed by atoms with Crippen molar-refractivity contribution in [2.75, 3.05) is 13.1 Å². The van der Waals surface area contributed by atoms with E-state index in [1.54, 1.807) is 12.3 Å². The van der Waals surface area contributed by atoms with Gasteiger partial charge in [-0.1, -0.05) is 53.2 Å². The predicted molar refractivity (Wildman–Crippen MR) is 121 cm³/mol. The largest absolute Gasteiger partial charge is 0.492 e. The number of piperidine rings is 1. The number of rotatable bonds is 4. The van der Waals surface area contributed by atoms with Crippen LogP contribution in [0.25, 0.3) is 16.5 Å². The van der Waals surface area contributed by atoms with Crippen LogP contribution >= 0.6 is 27.3 Å². The number of furan rings is 1. The summed E-state index contributed by atoms with van der Waals surface area (Å²) in [6, 6.07) is 12.0. The van der Waals surface area contributed by atoms with Crippen LogP contribution in [0.2, 0.25) is 0 Å². The van der Waals surface area contributed by atoms with E-state index in [2.05, 4.69) is 69.0 Å². The molecule has 4 aromatic rings. The summed E-state index contributed by atoms with van der Waals surface area (Å²) in [5, 5.41) is 15.6. The summed E-state index contributed by atoms with van der Waals surface area (Å²) in [6.45, 7) is 6.60. The van der Waals surface area contributed by atoms with Crippen LogP contribution in [0.1, 0.15) is 36.8 Å². The first-order valence-electron chi connectivity index (χ1n) is 10.1. The molecule has 1 aliphatic rings. The van der Waals surface area contributed by atoms with E-state index in [0.29, 0.717) is 28.4 Å². The molecule has 0 saturated carbocycles. The van der Waals surface area contributed by atoms with Crippen LogP contribution in [0.5, 0.6) is 5.88 Å². The monoisotopic (exact) mass is 486 g/mol. The van der Waals surface area contributed by atoms with Crippen molar-refractivity contribution in [1.82, 2.24) is 19.5 Å². The number of thiazole rings is 1. The van der Waals surface area contributed by atoms with Crippen molar-refractivity contribution in [3.8, 4) is 17.5 Å². The Balaban J connectivity index is 1.60. The minimum Gasteiger partial charge on any atom is -0.492 e. The van der Waals surface area contributed by atoms with E-state index < -0.39 is 0 Å². The molecule has 1 aliphatic heterocycles. The van der Waals surface area contributed by atoms with E-state index in [1.165, 1.54) is 22.3 Å². The highest BCUT2D eigenvalue weighted by atomic mass is 79.9. The minimum atomic E-state index is -0.0381. The molecule has 1 aromatic carbocycles. The Kier molecular flexibility index (Phi) is 5.16. The molecule has 0 amide bonds. The Labute approximate surface area is 187 Å². The number of nitrogens with zero attached hydrogens (tertiary/aromatic N) is 4. The number of aromatic nitrogens is 3. The normalized spacial score (nSPS) is 21.3. The second-order valence-corrected chi connectivity index (χ2v) is 10.2. The van der Waals surface area contributed by atoms with Gasteiger partial charge in [0.2, 0.25) is 16.7 Å². The number of likely N-dealkylation sites (tertiary alicyclic amines) is 1. The maximum absolute atomic E-state index is 11.2. The van der Waals surface area contributed by atoms with Crippen molar-refractivity contribution in [3.05, 3.63) is 57.6 Å². The van der Waals surface area contributed by atoms with Gasteiger partial charge in [-0.2, -0.15) is 9.50 Å². The summed E-state index contributed by atoms with van der Waals surface area (Å²) >= 11 is 5.03. The van der Waals surface area contributed by atoms with Crippen LogP contribution in [0.4, 0.5) is 0 Å². The van der Waals surface area contributed by atoms with Gasteiger partial charge in [-0.05, 0) is 48.1 Å². The second-order valence-electron chi connectivity index (χ2n) is 8.25. The highest BCUT2D eigenvalue weighted by Crippen LogP contribution is 2.42. The Morgan fingerprint density at radius 2 is 1.90 bits per heavy atom. The molecule has 3 aromatic heterocycles. The molecule has 0 radical (unpaired) electrons. The molecular weight excluding hydrogens is 464 g/mol. The summed E-state index contributed by atoms with van der Waals surface area (Å²) in [5.41, 5.74) is 1.16. The van der Waals surface area contributed by atoms with Crippen LogP contribution in [-0.2, 0) is 0 Å². The standard InChI is InChI=1S/C22H23BrN4O2S/c1-13-10-14(2)12-26(11-13)18(15-5-7-16(23)8-6-15)19-21(28)27-22(30-19)24-20(25-27)17-4-3-9-29-17/h3-9,13-14,18,28H,10-12H2,1-2H3. The zero-order valence-corrected chi connectivity index (χ0v) is 19.2. The van der Waals surface area contributed by atoms with Gasteiger partial charge < -0.3 is 9.52 Å². The molecule has 30 heavy (non-hydrogen) atoms. The minimum absolute atomic E-state index is 0.0381. The lowest BCUT2D eigenvalue weighted by molar-refractivity contribution is 0.112. The third kappa shape index (κ3) is 3.57. The summed E-state index contributed by atoms with van der Waals surface area (Å²) in [7, 11) is 0. The van der Waals surface area contributed by atoms with Gasteiger partial charge in [0.25, 0.3) is 0 Å². The number of aromatic hydroxyl groups is 1. The maximum atomic E-state index is 11.2. The lowest BCUT2D eigenvalue weighted by Gasteiger charge is -2.40. The topological polar surface area (TPSA) is 66.8 Å². The highest BCUT2D eigenvalue weighted by Gasteiger charge is 2.33. The number of fused-ring (bicyclic) bond motifs is 1. The second kappa shape index (κ2) is 7.83. The third-order valence-corrected chi connectivity index (χ3v) is 7.24. The molecule has 0 spiro atoms. The highest BCUT2D eigenvalue weighted by molar-refractivity contribution is 9.10. The molecule has 6 nitrogen and oxygen atoms in total. The first-order chi connectivity index (χ1) is 14.5. The van der Waals surface area contributed by atoms with E-state index in [4.69, 9.17) is 4.42 Å². The predicted octanol–water partition coefficient (Wildman–Crippen LogP) is 5.59. The average Bonchev–Trinajstić information content (AvgIpc) is 3.42. The summed E-state index contributed by atoms with van der Waals surface area (Å²) in [6.07, 6.45) is 2.83. The lowest BCUT2D eigenvalue weighted by atomic mass is 9.89. The molecule has 1 fully saturated rings. The third-order valence-electron chi connectivity index (χ3n) is 5.64. The first kappa shape index (κ1) is 19.8. The molecule has 156 valence electrons. The smallest absolute Gasteiger partial charge is 0.230 e. The average molecular weight is 487 g/mol. The van der Waals surface area contributed by atoms with E-state index in [1.807, 2.05) is 6.07 Å². The number of hydrogen-bond donors (Lipinski definition) is 1. The summed E-state index contributed by atoms with van der Waals surface area (Å²) in [5.74, 6) is 2.45. The van der Waals surface area contributed by atoms with Gasteiger partial charge in [-0.3, -0.25) is 4.90 Å². The van der Waals surface area contributed by atoms with Gasteiger partial charge in [-0.15, -0.1) is 5.10 Å². The molecular formula is C22H23BrN4O2S. The molecule has 4 heterocycles. The van der Waals surface area contributed by atoms with Crippen LogP contribution in [0.15, 0.2) is 51.6 Å². The van der Waals surface area contributed by atoms with Crippen LogP contribution in [-0.4, -0.2) is 37.7 Å². The fourth-order valence-corrected chi connectivity index (χ4v) is 5.91. The maximum Gasteiger partial charge on any atom is 0.230 e. The van der Waals surface area contributed by atoms with Crippen molar-refractivity contribution >= 4 is 32.2 Å². The van der Waals surface area contributed by atoms with Gasteiger partial charge >= 0.3 is 0 Å².